The highest BCUT2D eigenvalue weighted by molar-refractivity contribution is 5.87. The SMILES string of the molecule is CC(C)N(C(=O)C(c1cccnc1)C(CC(N)=O)c1ccccc1)C(C)C. The number of primary amides is 1. The molecule has 0 aliphatic heterocycles. The highest BCUT2D eigenvalue weighted by Crippen LogP contribution is 2.37. The summed E-state index contributed by atoms with van der Waals surface area (Å²) in [4.78, 5) is 31.6. The Bertz CT molecular complexity index is 737. The van der Waals surface area contributed by atoms with Gasteiger partial charge in [-0.1, -0.05) is 36.4 Å². The molecule has 2 aromatic rings. The van der Waals surface area contributed by atoms with Gasteiger partial charge in [0.1, 0.15) is 0 Å². The highest BCUT2D eigenvalue weighted by Gasteiger charge is 2.36. The van der Waals surface area contributed by atoms with E-state index in [4.69, 9.17) is 5.73 Å². The summed E-state index contributed by atoms with van der Waals surface area (Å²) in [5, 5.41) is 0. The summed E-state index contributed by atoms with van der Waals surface area (Å²) in [5.41, 5.74) is 7.28. The van der Waals surface area contributed by atoms with E-state index < -0.39 is 11.8 Å². The molecule has 2 N–H and O–H groups in total. The molecule has 27 heavy (non-hydrogen) atoms. The summed E-state index contributed by atoms with van der Waals surface area (Å²) in [5.74, 6) is -1.31. The third kappa shape index (κ3) is 5.16. The molecule has 2 unspecified atom stereocenters. The number of rotatable bonds is 8. The number of hydrogen-bond acceptors (Lipinski definition) is 3. The number of nitrogens with zero attached hydrogens (tertiary/aromatic N) is 2. The van der Waals surface area contributed by atoms with E-state index in [1.54, 1.807) is 12.4 Å². The van der Waals surface area contributed by atoms with Crippen molar-refractivity contribution in [2.45, 2.75) is 58.0 Å². The second-order valence-electron chi connectivity index (χ2n) is 7.38. The van der Waals surface area contributed by atoms with Gasteiger partial charge in [-0.3, -0.25) is 14.6 Å². The molecule has 5 nitrogen and oxygen atoms in total. The lowest BCUT2D eigenvalue weighted by Crippen LogP contribution is -2.46. The number of pyridine rings is 1. The molecule has 2 amide bonds. The van der Waals surface area contributed by atoms with Gasteiger partial charge in [0.2, 0.25) is 11.8 Å². The summed E-state index contributed by atoms with van der Waals surface area (Å²) >= 11 is 0. The molecular formula is C22H29N3O2. The Kier molecular flexibility index (Phi) is 7.11. The van der Waals surface area contributed by atoms with Gasteiger partial charge in [-0.05, 0) is 44.9 Å². The summed E-state index contributed by atoms with van der Waals surface area (Å²) in [6.07, 6.45) is 3.48. The maximum absolute atomic E-state index is 13.7. The van der Waals surface area contributed by atoms with Crippen LogP contribution in [0.25, 0.3) is 0 Å². The molecule has 144 valence electrons. The molecule has 2 rings (SSSR count). The van der Waals surface area contributed by atoms with Gasteiger partial charge in [-0.15, -0.1) is 0 Å². The van der Waals surface area contributed by atoms with Crippen LogP contribution in [0.4, 0.5) is 0 Å². The van der Waals surface area contributed by atoms with Gasteiger partial charge >= 0.3 is 0 Å². The van der Waals surface area contributed by atoms with Crippen molar-refractivity contribution in [2.75, 3.05) is 0 Å². The third-order valence-corrected chi connectivity index (χ3v) is 4.73. The predicted molar refractivity (Wildman–Crippen MR) is 107 cm³/mol. The lowest BCUT2D eigenvalue weighted by atomic mass is 9.78. The molecule has 1 aromatic heterocycles. The predicted octanol–water partition coefficient (Wildman–Crippen LogP) is 3.47. The zero-order valence-electron chi connectivity index (χ0n) is 16.5. The molecular weight excluding hydrogens is 338 g/mol. The molecule has 1 heterocycles. The number of benzene rings is 1. The Hall–Kier alpha value is -2.69. The van der Waals surface area contributed by atoms with Crippen LogP contribution < -0.4 is 5.73 Å². The van der Waals surface area contributed by atoms with Crippen LogP contribution in [0.15, 0.2) is 54.9 Å². The molecule has 0 bridgehead atoms. The van der Waals surface area contributed by atoms with Crippen molar-refractivity contribution in [3.05, 3.63) is 66.0 Å². The number of amides is 2. The maximum atomic E-state index is 13.7. The normalized spacial score (nSPS) is 13.4. The minimum Gasteiger partial charge on any atom is -0.370 e. The van der Waals surface area contributed by atoms with Gasteiger partial charge in [0.25, 0.3) is 0 Å². The lowest BCUT2D eigenvalue weighted by Gasteiger charge is -2.37. The molecule has 1 aromatic carbocycles. The van der Waals surface area contributed by atoms with E-state index in [1.165, 1.54) is 0 Å². The van der Waals surface area contributed by atoms with Crippen LogP contribution in [0.1, 0.15) is 57.1 Å². The first kappa shape index (κ1) is 20.6. The van der Waals surface area contributed by atoms with Crippen LogP contribution in [-0.4, -0.2) is 33.8 Å². The van der Waals surface area contributed by atoms with E-state index in [2.05, 4.69) is 4.98 Å². The fraction of sp³-hybridized carbons (Fsp3) is 0.409. The zero-order chi connectivity index (χ0) is 20.0. The molecule has 0 aliphatic carbocycles. The molecule has 2 atom stereocenters. The Labute approximate surface area is 161 Å². The van der Waals surface area contributed by atoms with Crippen LogP contribution in [0.2, 0.25) is 0 Å². The van der Waals surface area contributed by atoms with Crippen molar-refractivity contribution in [3.8, 4) is 0 Å². The average Bonchev–Trinajstić information content (AvgIpc) is 2.62. The topological polar surface area (TPSA) is 76.3 Å². The van der Waals surface area contributed by atoms with Crippen molar-refractivity contribution in [2.24, 2.45) is 5.73 Å². The molecule has 5 heteroatoms. The standard InChI is InChI=1S/C22H29N3O2/c1-15(2)25(16(3)4)22(27)21(18-11-8-12-24-14-18)19(13-20(23)26)17-9-6-5-7-10-17/h5-12,14-16,19,21H,13H2,1-4H3,(H2,23,26). The summed E-state index contributed by atoms with van der Waals surface area (Å²) in [6.45, 7) is 8.02. The summed E-state index contributed by atoms with van der Waals surface area (Å²) in [7, 11) is 0. The average molecular weight is 367 g/mol. The van der Waals surface area contributed by atoms with E-state index in [0.717, 1.165) is 11.1 Å². The number of hydrogen-bond donors (Lipinski definition) is 1. The Morgan fingerprint density at radius 1 is 0.963 bits per heavy atom. The van der Waals surface area contributed by atoms with Crippen molar-refractivity contribution in [3.63, 3.8) is 0 Å². The van der Waals surface area contributed by atoms with Gasteiger partial charge in [-0.2, -0.15) is 0 Å². The van der Waals surface area contributed by atoms with Crippen molar-refractivity contribution >= 4 is 11.8 Å². The fourth-order valence-corrected chi connectivity index (χ4v) is 3.72. The summed E-state index contributed by atoms with van der Waals surface area (Å²) in [6, 6.07) is 13.4. The molecule has 0 radical (unpaired) electrons. The largest absolute Gasteiger partial charge is 0.370 e. The molecule has 0 saturated heterocycles. The minimum atomic E-state index is -0.529. The quantitative estimate of drug-likeness (QED) is 0.776. The van der Waals surface area contributed by atoms with Crippen molar-refractivity contribution in [1.29, 1.82) is 0 Å². The number of carbonyl (C=O) groups excluding carboxylic acids is 2. The first-order valence-corrected chi connectivity index (χ1v) is 9.38. The van der Waals surface area contributed by atoms with E-state index in [-0.39, 0.29) is 30.3 Å². The van der Waals surface area contributed by atoms with Crippen LogP contribution in [0.3, 0.4) is 0 Å². The van der Waals surface area contributed by atoms with Gasteiger partial charge < -0.3 is 10.6 Å². The number of aromatic nitrogens is 1. The van der Waals surface area contributed by atoms with E-state index in [1.807, 2.05) is 75.1 Å². The first-order chi connectivity index (χ1) is 12.8. The maximum Gasteiger partial charge on any atom is 0.231 e. The van der Waals surface area contributed by atoms with Crippen molar-refractivity contribution < 1.29 is 9.59 Å². The third-order valence-electron chi connectivity index (χ3n) is 4.73. The van der Waals surface area contributed by atoms with E-state index in [0.29, 0.717) is 0 Å². The lowest BCUT2D eigenvalue weighted by molar-refractivity contribution is -0.137. The van der Waals surface area contributed by atoms with Gasteiger partial charge in [0.05, 0.1) is 5.92 Å². The van der Waals surface area contributed by atoms with Crippen LogP contribution in [0.5, 0.6) is 0 Å². The van der Waals surface area contributed by atoms with E-state index in [9.17, 15) is 9.59 Å². The van der Waals surface area contributed by atoms with Gasteiger partial charge in [0.15, 0.2) is 0 Å². The molecule has 0 spiro atoms. The van der Waals surface area contributed by atoms with Gasteiger partial charge in [-0.25, -0.2) is 0 Å². The minimum absolute atomic E-state index is 0.0110. The van der Waals surface area contributed by atoms with Crippen LogP contribution in [-0.2, 0) is 9.59 Å². The number of carbonyl (C=O) groups is 2. The molecule has 0 saturated carbocycles. The first-order valence-electron chi connectivity index (χ1n) is 9.38. The van der Waals surface area contributed by atoms with Gasteiger partial charge in [0, 0.05) is 36.8 Å². The Morgan fingerprint density at radius 2 is 1.56 bits per heavy atom. The van der Waals surface area contributed by atoms with Crippen LogP contribution in [0, 0.1) is 0 Å². The second-order valence-corrected chi connectivity index (χ2v) is 7.38. The molecule has 0 aliphatic rings. The second kappa shape index (κ2) is 9.31. The Morgan fingerprint density at radius 3 is 2.04 bits per heavy atom. The number of nitrogens with two attached hydrogens (primary N) is 1. The monoisotopic (exact) mass is 367 g/mol. The molecule has 0 fully saturated rings. The zero-order valence-corrected chi connectivity index (χ0v) is 16.5. The van der Waals surface area contributed by atoms with Crippen LogP contribution >= 0.6 is 0 Å². The smallest absolute Gasteiger partial charge is 0.231 e. The summed E-state index contributed by atoms with van der Waals surface area (Å²) < 4.78 is 0. The Balaban J connectivity index is 2.59. The fourth-order valence-electron chi connectivity index (χ4n) is 3.72. The van der Waals surface area contributed by atoms with Crippen molar-refractivity contribution in [1.82, 2.24) is 9.88 Å². The van der Waals surface area contributed by atoms with E-state index >= 15 is 0 Å². The highest BCUT2D eigenvalue weighted by atomic mass is 16.2.